The van der Waals surface area contributed by atoms with E-state index in [1.165, 1.54) is 11.1 Å². The lowest BCUT2D eigenvalue weighted by Gasteiger charge is -2.18. The van der Waals surface area contributed by atoms with Gasteiger partial charge in [-0.3, -0.25) is 0 Å². The maximum Gasteiger partial charge on any atom is 0.122 e. The van der Waals surface area contributed by atoms with Crippen LogP contribution in [0, 0.1) is 0 Å². The molecule has 1 atom stereocenters. The third kappa shape index (κ3) is 2.92. The zero-order valence-electron chi connectivity index (χ0n) is 11.1. The van der Waals surface area contributed by atoms with Crippen molar-refractivity contribution in [1.29, 1.82) is 0 Å². The van der Waals surface area contributed by atoms with Crippen molar-refractivity contribution in [3.63, 3.8) is 0 Å². The summed E-state index contributed by atoms with van der Waals surface area (Å²) in [6.45, 7) is 2.24. The van der Waals surface area contributed by atoms with Crippen LogP contribution in [0.4, 0.5) is 0 Å². The minimum Gasteiger partial charge on any atom is -0.496 e. The van der Waals surface area contributed by atoms with Crippen LogP contribution in [0.25, 0.3) is 0 Å². The molecule has 0 N–H and O–H groups in total. The first-order valence-electron chi connectivity index (χ1n) is 6.52. The van der Waals surface area contributed by atoms with Gasteiger partial charge in [0.2, 0.25) is 0 Å². The zero-order chi connectivity index (χ0) is 12.8. The Bertz CT molecular complexity index is 476. The van der Waals surface area contributed by atoms with Crippen molar-refractivity contribution in [1.82, 2.24) is 0 Å². The van der Waals surface area contributed by atoms with Gasteiger partial charge in [-0.2, -0.15) is 0 Å². The van der Waals surface area contributed by atoms with Crippen LogP contribution in [0.15, 0.2) is 54.6 Å². The molecule has 18 heavy (non-hydrogen) atoms. The van der Waals surface area contributed by atoms with Gasteiger partial charge in [0, 0.05) is 0 Å². The molecular weight excluding hydrogens is 220 g/mol. The molecule has 0 spiro atoms. The standard InChI is InChI=1S/C17H20O/c1-3-15(13-14-9-5-4-6-10-14)16-11-7-8-12-17(16)18-2/h4-12,15H,3,13H2,1-2H3. The van der Waals surface area contributed by atoms with Gasteiger partial charge in [-0.25, -0.2) is 0 Å². The summed E-state index contributed by atoms with van der Waals surface area (Å²) in [4.78, 5) is 0. The minimum atomic E-state index is 0.517. The first-order chi connectivity index (χ1) is 8.85. The van der Waals surface area contributed by atoms with E-state index in [0.29, 0.717) is 5.92 Å². The fourth-order valence-electron chi connectivity index (χ4n) is 2.38. The summed E-state index contributed by atoms with van der Waals surface area (Å²) in [5.74, 6) is 1.52. The quantitative estimate of drug-likeness (QED) is 0.751. The summed E-state index contributed by atoms with van der Waals surface area (Å²) in [6.07, 6.45) is 2.19. The van der Waals surface area contributed by atoms with E-state index in [9.17, 15) is 0 Å². The molecule has 0 heterocycles. The van der Waals surface area contributed by atoms with Crippen molar-refractivity contribution in [2.24, 2.45) is 0 Å². The second-order valence-electron chi connectivity index (χ2n) is 4.54. The highest BCUT2D eigenvalue weighted by molar-refractivity contribution is 5.37. The van der Waals surface area contributed by atoms with Gasteiger partial charge in [0.25, 0.3) is 0 Å². The summed E-state index contributed by atoms with van der Waals surface area (Å²) in [5, 5.41) is 0. The molecule has 0 bridgehead atoms. The number of para-hydroxylation sites is 1. The molecule has 0 aliphatic carbocycles. The smallest absolute Gasteiger partial charge is 0.122 e. The van der Waals surface area contributed by atoms with Crippen LogP contribution in [0.3, 0.4) is 0 Å². The van der Waals surface area contributed by atoms with E-state index in [-0.39, 0.29) is 0 Å². The molecule has 2 aromatic carbocycles. The van der Waals surface area contributed by atoms with Gasteiger partial charge >= 0.3 is 0 Å². The predicted molar refractivity (Wildman–Crippen MR) is 76.2 cm³/mol. The molecule has 2 aromatic rings. The molecule has 1 unspecified atom stereocenters. The maximum absolute atomic E-state index is 5.47. The van der Waals surface area contributed by atoms with E-state index in [1.54, 1.807) is 7.11 Å². The Morgan fingerprint density at radius 3 is 2.28 bits per heavy atom. The molecule has 1 nitrogen and oxygen atoms in total. The number of ether oxygens (including phenoxy) is 1. The fraction of sp³-hybridized carbons (Fsp3) is 0.294. The van der Waals surface area contributed by atoms with Crippen molar-refractivity contribution in [3.8, 4) is 5.75 Å². The molecule has 0 amide bonds. The van der Waals surface area contributed by atoms with Gasteiger partial charge in [0.1, 0.15) is 5.75 Å². The van der Waals surface area contributed by atoms with Crippen LogP contribution >= 0.6 is 0 Å². The lowest BCUT2D eigenvalue weighted by atomic mass is 9.89. The molecule has 94 valence electrons. The van der Waals surface area contributed by atoms with Crippen molar-refractivity contribution < 1.29 is 4.74 Å². The van der Waals surface area contributed by atoms with Crippen LogP contribution in [0.1, 0.15) is 30.4 Å². The molecular formula is C17H20O. The number of benzene rings is 2. The number of hydrogen-bond acceptors (Lipinski definition) is 1. The van der Waals surface area contributed by atoms with Gasteiger partial charge in [-0.15, -0.1) is 0 Å². The second-order valence-corrected chi connectivity index (χ2v) is 4.54. The van der Waals surface area contributed by atoms with E-state index in [2.05, 4.69) is 49.4 Å². The van der Waals surface area contributed by atoms with Crippen molar-refractivity contribution in [3.05, 3.63) is 65.7 Å². The van der Waals surface area contributed by atoms with E-state index in [1.807, 2.05) is 12.1 Å². The Labute approximate surface area is 109 Å². The van der Waals surface area contributed by atoms with Crippen molar-refractivity contribution >= 4 is 0 Å². The van der Waals surface area contributed by atoms with Gasteiger partial charge in [-0.1, -0.05) is 55.5 Å². The molecule has 0 saturated heterocycles. The van der Waals surface area contributed by atoms with Gasteiger partial charge in [0.15, 0.2) is 0 Å². The van der Waals surface area contributed by atoms with Gasteiger partial charge in [-0.05, 0) is 36.0 Å². The maximum atomic E-state index is 5.47. The van der Waals surface area contributed by atoms with Gasteiger partial charge in [0.05, 0.1) is 7.11 Å². The highest BCUT2D eigenvalue weighted by atomic mass is 16.5. The van der Waals surface area contributed by atoms with Crippen LogP contribution in [-0.2, 0) is 6.42 Å². The minimum absolute atomic E-state index is 0.517. The molecule has 0 aliphatic heterocycles. The largest absolute Gasteiger partial charge is 0.496 e. The van der Waals surface area contributed by atoms with Crippen LogP contribution in [-0.4, -0.2) is 7.11 Å². The first kappa shape index (κ1) is 12.7. The van der Waals surface area contributed by atoms with Crippen molar-refractivity contribution in [2.45, 2.75) is 25.7 Å². The SMILES string of the molecule is CCC(Cc1ccccc1)c1ccccc1OC. The first-order valence-corrected chi connectivity index (χ1v) is 6.52. The van der Waals surface area contributed by atoms with Crippen LogP contribution in [0.2, 0.25) is 0 Å². The normalized spacial score (nSPS) is 12.1. The van der Waals surface area contributed by atoms with Crippen molar-refractivity contribution in [2.75, 3.05) is 7.11 Å². The highest BCUT2D eigenvalue weighted by Gasteiger charge is 2.14. The number of rotatable bonds is 5. The average molecular weight is 240 g/mol. The van der Waals surface area contributed by atoms with E-state index in [4.69, 9.17) is 4.74 Å². The van der Waals surface area contributed by atoms with Crippen LogP contribution in [0.5, 0.6) is 5.75 Å². The summed E-state index contributed by atoms with van der Waals surface area (Å²) in [7, 11) is 1.74. The van der Waals surface area contributed by atoms with E-state index in [0.717, 1.165) is 18.6 Å². The van der Waals surface area contributed by atoms with E-state index >= 15 is 0 Å². The Hall–Kier alpha value is -1.76. The molecule has 2 rings (SSSR count). The topological polar surface area (TPSA) is 9.23 Å². The van der Waals surface area contributed by atoms with Crippen LogP contribution < -0.4 is 4.74 Å². The summed E-state index contributed by atoms with van der Waals surface area (Å²) >= 11 is 0. The summed E-state index contributed by atoms with van der Waals surface area (Å²) < 4.78 is 5.47. The molecule has 1 heteroatoms. The summed E-state index contributed by atoms with van der Waals surface area (Å²) in [5.41, 5.74) is 2.70. The molecule has 0 aliphatic rings. The van der Waals surface area contributed by atoms with Gasteiger partial charge < -0.3 is 4.74 Å². The lowest BCUT2D eigenvalue weighted by Crippen LogP contribution is -2.04. The third-order valence-corrected chi connectivity index (χ3v) is 3.40. The van der Waals surface area contributed by atoms with E-state index < -0.39 is 0 Å². The molecule has 0 radical (unpaired) electrons. The Morgan fingerprint density at radius 1 is 0.944 bits per heavy atom. The highest BCUT2D eigenvalue weighted by Crippen LogP contribution is 2.31. The summed E-state index contributed by atoms with van der Waals surface area (Å²) in [6, 6.07) is 19.0. The second kappa shape index (κ2) is 6.25. The average Bonchev–Trinajstić information content (AvgIpc) is 2.46. The molecule has 0 aromatic heterocycles. The Kier molecular flexibility index (Phi) is 4.40. The number of hydrogen-bond donors (Lipinski definition) is 0. The fourth-order valence-corrected chi connectivity index (χ4v) is 2.38. The Balaban J connectivity index is 2.23. The predicted octanol–water partition coefficient (Wildman–Crippen LogP) is 4.43. The molecule has 0 saturated carbocycles. The monoisotopic (exact) mass is 240 g/mol. The number of methoxy groups -OCH3 is 1. The lowest BCUT2D eigenvalue weighted by molar-refractivity contribution is 0.404. The molecule has 0 fully saturated rings. The third-order valence-electron chi connectivity index (χ3n) is 3.40. The Morgan fingerprint density at radius 2 is 1.61 bits per heavy atom. The zero-order valence-corrected chi connectivity index (χ0v) is 11.1.